The number of methoxy groups -OCH3 is 1. The number of carbonyl (C=O) groups is 2. The third-order valence-corrected chi connectivity index (χ3v) is 6.94. The molecule has 0 saturated carbocycles. The first-order valence-electron chi connectivity index (χ1n) is 11.2. The smallest absolute Gasteiger partial charge is 0.303 e. The number of ether oxygens (including phenoxy) is 1. The molecule has 0 aliphatic carbocycles. The second-order valence-corrected chi connectivity index (χ2v) is 9.66. The average Bonchev–Trinajstić information content (AvgIpc) is 3.40. The fraction of sp³-hybridized carbons (Fsp3) is 0.231. The van der Waals surface area contributed by atoms with Crippen molar-refractivity contribution in [1.82, 2.24) is 14.7 Å². The molecule has 0 unspecified atom stereocenters. The number of carboxylic acid groups (broad SMARTS) is 1. The number of nitrogens with zero attached hydrogens (tertiary/aromatic N) is 3. The van der Waals surface area contributed by atoms with E-state index in [0.29, 0.717) is 28.6 Å². The van der Waals surface area contributed by atoms with Crippen LogP contribution in [0.15, 0.2) is 65.7 Å². The van der Waals surface area contributed by atoms with Crippen molar-refractivity contribution in [2.24, 2.45) is 0 Å². The lowest BCUT2D eigenvalue weighted by Gasteiger charge is -2.13. The van der Waals surface area contributed by atoms with E-state index >= 15 is 0 Å². The van der Waals surface area contributed by atoms with Crippen molar-refractivity contribution in [3.8, 4) is 22.7 Å². The monoisotopic (exact) mass is 507 g/mol. The topological polar surface area (TPSA) is 84.7 Å². The molecule has 9 heteroatoms. The summed E-state index contributed by atoms with van der Waals surface area (Å²) in [5.74, 6) is -0.185. The Labute approximate surface area is 213 Å². The lowest BCUT2D eigenvalue weighted by atomic mass is 10.1. The van der Waals surface area contributed by atoms with Crippen molar-refractivity contribution in [3.05, 3.63) is 71.3 Å². The summed E-state index contributed by atoms with van der Waals surface area (Å²) in [4.78, 5) is 25.9. The van der Waals surface area contributed by atoms with Crippen LogP contribution in [0.5, 0.6) is 5.75 Å². The Morgan fingerprint density at radius 3 is 2.54 bits per heavy atom. The van der Waals surface area contributed by atoms with E-state index in [4.69, 9.17) is 27.2 Å². The molecule has 0 radical (unpaired) electrons. The number of para-hydroxylation sites is 1. The number of carboxylic acids is 1. The van der Waals surface area contributed by atoms with Gasteiger partial charge in [-0.15, -0.1) is 0 Å². The lowest BCUT2D eigenvalue weighted by molar-refractivity contribution is -0.137. The first kappa shape index (κ1) is 24.7. The Morgan fingerprint density at radius 2 is 1.86 bits per heavy atom. The summed E-state index contributed by atoms with van der Waals surface area (Å²) in [7, 11) is 1.62. The molecule has 35 heavy (non-hydrogen) atoms. The number of benzene rings is 2. The molecule has 1 N–H and O–H groups in total. The van der Waals surface area contributed by atoms with E-state index in [2.05, 4.69) is 0 Å². The van der Waals surface area contributed by atoms with E-state index in [1.807, 2.05) is 66.9 Å². The van der Waals surface area contributed by atoms with Crippen LogP contribution in [0.3, 0.4) is 0 Å². The number of hydrogen-bond acceptors (Lipinski definition) is 6. The van der Waals surface area contributed by atoms with Crippen LogP contribution >= 0.6 is 24.0 Å². The van der Waals surface area contributed by atoms with E-state index in [9.17, 15) is 9.59 Å². The van der Waals surface area contributed by atoms with E-state index in [-0.39, 0.29) is 12.3 Å². The first-order chi connectivity index (χ1) is 17.0. The van der Waals surface area contributed by atoms with Gasteiger partial charge in [0.25, 0.3) is 5.91 Å². The van der Waals surface area contributed by atoms with E-state index in [1.54, 1.807) is 16.7 Å². The summed E-state index contributed by atoms with van der Waals surface area (Å²) in [5, 5.41) is 13.6. The number of hydrogen-bond donors (Lipinski definition) is 1. The van der Waals surface area contributed by atoms with Gasteiger partial charge in [-0.3, -0.25) is 14.5 Å². The van der Waals surface area contributed by atoms with Gasteiger partial charge in [-0.2, -0.15) is 5.10 Å². The molecule has 0 bridgehead atoms. The third-order valence-electron chi connectivity index (χ3n) is 5.56. The average molecular weight is 508 g/mol. The molecule has 3 aromatic rings. The van der Waals surface area contributed by atoms with Crippen molar-refractivity contribution in [2.75, 3.05) is 13.7 Å². The molecular weight excluding hydrogens is 482 g/mol. The van der Waals surface area contributed by atoms with Crippen molar-refractivity contribution in [3.63, 3.8) is 0 Å². The highest BCUT2D eigenvalue weighted by atomic mass is 32.2. The third kappa shape index (κ3) is 5.98. The Morgan fingerprint density at radius 1 is 1.11 bits per heavy atom. The van der Waals surface area contributed by atoms with Gasteiger partial charge in [-0.05, 0) is 55.3 Å². The lowest BCUT2D eigenvalue weighted by Crippen LogP contribution is -2.29. The molecule has 1 aliphatic rings. The molecule has 180 valence electrons. The zero-order chi connectivity index (χ0) is 24.8. The standard InChI is InChI=1S/C26H25N3O4S2/c1-33-21-13-11-18(12-14-21)24-19(17-29(27-24)20-8-4-2-5-9-20)16-22-25(32)28(26(34)35-22)15-7-3-6-10-23(30)31/h2,4-5,8-9,11-14,16-17H,3,6-7,10,15H2,1H3,(H,30,31). The summed E-state index contributed by atoms with van der Waals surface area (Å²) in [6.07, 6.45) is 5.91. The van der Waals surface area contributed by atoms with Crippen LogP contribution in [0, 0.1) is 0 Å². The predicted molar refractivity (Wildman–Crippen MR) is 142 cm³/mol. The van der Waals surface area contributed by atoms with Gasteiger partial charge in [0, 0.05) is 30.3 Å². The minimum absolute atomic E-state index is 0.133. The molecule has 1 saturated heterocycles. The number of rotatable bonds is 10. The molecule has 2 heterocycles. The van der Waals surface area contributed by atoms with Crippen molar-refractivity contribution in [2.45, 2.75) is 25.7 Å². The number of aromatic nitrogens is 2. The highest BCUT2D eigenvalue weighted by Gasteiger charge is 2.32. The van der Waals surface area contributed by atoms with Crippen LogP contribution < -0.4 is 4.74 Å². The van der Waals surface area contributed by atoms with Crippen LogP contribution in [0.4, 0.5) is 0 Å². The van der Waals surface area contributed by atoms with Crippen molar-refractivity contribution < 1.29 is 19.4 Å². The van der Waals surface area contributed by atoms with Gasteiger partial charge in [-0.1, -0.05) is 48.6 Å². The minimum atomic E-state index is -0.803. The van der Waals surface area contributed by atoms with Gasteiger partial charge in [0.15, 0.2) is 0 Å². The second-order valence-electron chi connectivity index (χ2n) is 7.98. The van der Waals surface area contributed by atoms with Crippen LogP contribution in [0.25, 0.3) is 23.0 Å². The fourth-order valence-corrected chi connectivity index (χ4v) is 5.04. The Bertz CT molecular complexity index is 1250. The molecular formula is C26H25N3O4S2. The molecule has 0 spiro atoms. The van der Waals surface area contributed by atoms with Gasteiger partial charge in [0.1, 0.15) is 10.1 Å². The normalized spacial score (nSPS) is 14.7. The maximum Gasteiger partial charge on any atom is 0.303 e. The molecule has 2 aromatic carbocycles. The van der Waals surface area contributed by atoms with Gasteiger partial charge in [0.05, 0.1) is 23.4 Å². The number of aliphatic carboxylic acids is 1. The molecule has 4 rings (SSSR count). The van der Waals surface area contributed by atoms with Gasteiger partial charge in [0.2, 0.25) is 0 Å². The Hall–Kier alpha value is -3.43. The quantitative estimate of drug-likeness (QED) is 0.224. The van der Waals surface area contributed by atoms with Crippen LogP contribution in [-0.4, -0.2) is 49.6 Å². The number of thiocarbonyl (C=S) groups is 1. The Balaban J connectivity index is 1.60. The zero-order valence-corrected chi connectivity index (χ0v) is 20.8. The van der Waals surface area contributed by atoms with Gasteiger partial charge >= 0.3 is 5.97 Å². The highest BCUT2D eigenvalue weighted by Crippen LogP contribution is 2.35. The first-order valence-corrected chi connectivity index (χ1v) is 12.5. The van der Waals surface area contributed by atoms with E-state index in [1.165, 1.54) is 11.8 Å². The van der Waals surface area contributed by atoms with Gasteiger partial charge < -0.3 is 9.84 Å². The number of amides is 1. The number of unbranched alkanes of at least 4 members (excludes halogenated alkanes) is 2. The fourth-order valence-electron chi connectivity index (χ4n) is 3.74. The van der Waals surface area contributed by atoms with Crippen LogP contribution in [0.1, 0.15) is 31.2 Å². The molecule has 1 amide bonds. The summed E-state index contributed by atoms with van der Waals surface area (Å²) in [6, 6.07) is 17.4. The largest absolute Gasteiger partial charge is 0.497 e. The van der Waals surface area contributed by atoms with E-state index < -0.39 is 5.97 Å². The summed E-state index contributed by atoms with van der Waals surface area (Å²) in [6.45, 7) is 0.482. The number of carbonyl (C=O) groups excluding carboxylic acids is 1. The Kier molecular flexibility index (Phi) is 7.99. The number of thioether (sulfide) groups is 1. The molecule has 1 aliphatic heterocycles. The highest BCUT2D eigenvalue weighted by molar-refractivity contribution is 8.26. The van der Waals surface area contributed by atoms with Crippen molar-refractivity contribution in [1.29, 1.82) is 0 Å². The maximum atomic E-state index is 13.1. The molecule has 1 aromatic heterocycles. The molecule has 1 fully saturated rings. The minimum Gasteiger partial charge on any atom is -0.497 e. The molecule has 0 atom stereocenters. The van der Waals surface area contributed by atoms with Crippen LogP contribution in [0.2, 0.25) is 0 Å². The second kappa shape index (κ2) is 11.3. The predicted octanol–water partition coefficient (Wildman–Crippen LogP) is 5.39. The van der Waals surface area contributed by atoms with E-state index in [0.717, 1.165) is 34.7 Å². The van der Waals surface area contributed by atoms with Crippen molar-refractivity contribution >= 4 is 46.3 Å². The zero-order valence-electron chi connectivity index (χ0n) is 19.2. The van der Waals surface area contributed by atoms with Gasteiger partial charge in [-0.25, -0.2) is 4.68 Å². The summed E-state index contributed by atoms with van der Waals surface area (Å²) < 4.78 is 7.59. The van der Waals surface area contributed by atoms with Crippen LogP contribution in [-0.2, 0) is 9.59 Å². The maximum absolute atomic E-state index is 13.1. The molecule has 7 nitrogen and oxygen atoms in total. The summed E-state index contributed by atoms with van der Waals surface area (Å²) in [5.41, 5.74) is 3.37. The summed E-state index contributed by atoms with van der Waals surface area (Å²) >= 11 is 6.74. The SMILES string of the molecule is COc1ccc(-c2nn(-c3ccccc3)cc2C=C2SC(=S)N(CCCCCC(=O)O)C2=O)cc1.